The minimum Gasteiger partial charge on any atom is -0.474 e. The number of aryl methyl sites for hydroxylation is 2. The molecule has 4 rings (SSSR count). The van der Waals surface area contributed by atoms with Crippen molar-refractivity contribution >= 4 is 27.8 Å². The van der Waals surface area contributed by atoms with E-state index in [9.17, 15) is 18.3 Å². The van der Waals surface area contributed by atoms with Crippen LogP contribution in [0.5, 0.6) is 5.88 Å². The highest BCUT2D eigenvalue weighted by Crippen LogP contribution is 2.38. The lowest BCUT2D eigenvalue weighted by Crippen LogP contribution is -2.34. The van der Waals surface area contributed by atoms with Gasteiger partial charge in [0.25, 0.3) is 10.0 Å². The minimum absolute atomic E-state index is 0.0164. The topological polar surface area (TPSA) is 127 Å². The van der Waals surface area contributed by atoms with Gasteiger partial charge >= 0.3 is 6.09 Å². The van der Waals surface area contributed by atoms with Crippen molar-refractivity contribution in [1.29, 1.82) is 0 Å². The van der Waals surface area contributed by atoms with Crippen LogP contribution in [0.25, 0.3) is 11.1 Å². The number of sulfonamides is 1. The van der Waals surface area contributed by atoms with E-state index < -0.39 is 16.1 Å². The summed E-state index contributed by atoms with van der Waals surface area (Å²) in [6.07, 6.45) is 0.336. The minimum atomic E-state index is -3.97. The Morgan fingerprint density at radius 1 is 1.05 bits per heavy atom. The maximum absolute atomic E-state index is 13.4. The molecule has 0 aliphatic heterocycles. The Morgan fingerprint density at radius 3 is 2.30 bits per heavy atom. The molecule has 0 unspecified atom stereocenters. The molecule has 0 bridgehead atoms. The van der Waals surface area contributed by atoms with Gasteiger partial charge in [-0.25, -0.2) is 22.9 Å². The summed E-state index contributed by atoms with van der Waals surface area (Å²) in [4.78, 5) is 17.1. The van der Waals surface area contributed by atoms with Crippen molar-refractivity contribution < 1.29 is 23.1 Å². The van der Waals surface area contributed by atoms with Gasteiger partial charge in [-0.05, 0) is 47.7 Å². The molecule has 0 saturated heterocycles. The number of aromatic nitrogens is 3. The number of nitrogens with one attached hydrogen (secondary N) is 1. The number of nitrogens with zero attached hydrogens (tertiary/aromatic N) is 4. The van der Waals surface area contributed by atoms with Crippen LogP contribution < -0.4 is 14.4 Å². The van der Waals surface area contributed by atoms with Gasteiger partial charge in [0.15, 0.2) is 0 Å². The molecule has 0 aliphatic carbocycles. The lowest BCUT2D eigenvalue weighted by Gasteiger charge is -2.19. The van der Waals surface area contributed by atoms with E-state index in [1.807, 2.05) is 43.3 Å². The first kappa shape index (κ1) is 28.6. The molecule has 4 aromatic rings. The SMILES string of the molecule is Cc1ccc(-c2c(OCCN(C(=O)O)c3ccccn3)nn(C)c2NS(=O)(=O)c2ccc(C(C)(C)C)cc2)cc1. The normalized spacial score (nSPS) is 11.7. The van der Waals surface area contributed by atoms with Gasteiger partial charge in [-0.15, -0.1) is 5.10 Å². The number of pyridine rings is 1. The molecule has 2 N–H and O–H groups in total. The number of ether oxygens (including phenoxy) is 1. The maximum Gasteiger partial charge on any atom is 0.413 e. The van der Waals surface area contributed by atoms with Crippen molar-refractivity contribution in [3.05, 3.63) is 84.1 Å². The van der Waals surface area contributed by atoms with Crippen LogP contribution in [0.15, 0.2) is 77.8 Å². The second kappa shape index (κ2) is 11.4. The summed E-state index contributed by atoms with van der Waals surface area (Å²) in [7, 11) is -2.35. The number of hydrogen-bond donors (Lipinski definition) is 2. The van der Waals surface area contributed by atoms with E-state index in [-0.39, 0.29) is 41.0 Å². The van der Waals surface area contributed by atoms with E-state index in [1.54, 1.807) is 37.4 Å². The average molecular weight is 564 g/mol. The van der Waals surface area contributed by atoms with Crippen LogP contribution in [-0.4, -0.2) is 47.5 Å². The van der Waals surface area contributed by atoms with Crippen molar-refractivity contribution in [3.63, 3.8) is 0 Å². The lowest BCUT2D eigenvalue weighted by molar-refractivity contribution is 0.199. The van der Waals surface area contributed by atoms with Crippen molar-refractivity contribution in [2.45, 2.75) is 38.0 Å². The summed E-state index contributed by atoms with van der Waals surface area (Å²) in [5.74, 6) is 0.654. The van der Waals surface area contributed by atoms with Crippen LogP contribution in [-0.2, 0) is 22.5 Å². The molecular formula is C29H33N5O5S. The highest BCUT2D eigenvalue weighted by Gasteiger charge is 2.26. The summed E-state index contributed by atoms with van der Waals surface area (Å²) in [6, 6.07) is 19.3. The van der Waals surface area contributed by atoms with Crippen LogP contribution in [0.3, 0.4) is 0 Å². The Balaban J connectivity index is 1.65. The number of carbonyl (C=O) groups is 1. The number of carboxylic acid groups (broad SMARTS) is 1. The molecule has 0 aliphatic rings. The van der Waals surface area contributed by atoms with Gasteiger partial charge in [0.05, 0.1) is 17.0 Å². The summed E-state index contributed by atoms with van der Waals surface area (Å²) < 4.78 is 36.9. The van der Waals surface area contributed by atoms with Gasteiger partial charge in [-0.1, -0.05) is 68.8 Å². The zero-order chi connectivity index (χ0) is 29.1. The van der Waals surface area contributed by atoms with Crippen molar-refractivity contribution in [1.82, 2.24) is 14.8 Å². The van der Waals surface area contributed by atoms with Gasteiger partial charge in [0, 0.05) is 13.2 Å². The predicted molar refractivity (Wildman–Crippen MR) is 154 cm³/mol. The largest absolute Gasteiger partial charge is 0.474 e. The first-order chi connectivity index (χ1) is 18.9. The summed E-state index contributed by atoms with van der Waals surface area (Å²) in [6.45, 7) is 8.08. The Labute approximate surface area is 234 Å². The van der Waals surface area contributed by atoms with E-state index in [4.69, 9.17) is 4.74 Å². The van der Waals surface area contributed by atoms with Crippen molar-refractivity contribution in [2.75, 3.05) is 22.8 Å². The number of amides is 1. The zero-order valence-electron chi connectivity index (χ0n) is 23.1. The van der Waals surface area contributed by atoms with E-state index >= 15 is 0 Å². The van der Waals surface area contributed by atoms with E-state index in [2.05, 4.69) is 35.6 Å². The molecule has 0 radical (unpaired) electrons. The molecule has 1 amide bonds. The molecule has 40 heavy (non-hydrogen) atoms. The predicted octanol–water partition coefficient (Wildman–Crippen LogP) is 5.45. The highest BCUT2D eigenvalue weighted by atomic mass is 32.2. The van der Waals surface area contributed by atoms with Crippen LogP contribution >= 0.6 is 0 Å². The fourth-order valence-electron chi connectivity index (χ4n) is 4.07. The second-order valence-electron chi connectivity index (χ2n) is 10.4. The molecule has 0 spiro atoms. The quantitative estimate of drug-likeness (QED) is 0.277. The molecule has 2 aromatic heterocycles. The van der Waals surface area contributed by atoms with Crippen LogP contribution in [0.2, 0.25) is 0 Å². The monoisotopic (exact) mass is 563 g/mol. The smallest absolute Gasteiger partial charge is 0.413 e. The van der Waals surface area contributed by atoms with Crippen LogP contribution in [0, 0.1) is 6.92 Å². The Morgan fingerprint density at radius 2 is 1.73 bits per heavy atom. The van der Waals surface area contributed by atoms with E-state index in [0.717, 1.165) is 16.0 Å². The molecule has 210 valence electrons. The molecule has 0 saturated carbocycles. The number of benzene rings is 2. The second-order valence-corrected chi connectivity index (χ2v) is 12.1. The third kappa shape index (κ3) is 6.42. The number of rotatable bonds is 9. The van der Waals surface area contributed by atoms with Crippen molar-refractivity contribution in [3.8, 4) is 17.0 Å². The molecular weight excluding hydrogens is 530 g/mol. The molecule has 0 fully saturated rings. The van der Waals surface area contributed by atoms with Gasteiger partial charge in [0.1, 0.15) is 18.2 Å². The highest BCUT2D eigenvalue weighted by molar-refractivity contribution is 7.92. The molecule has 2 aromatic carbocycles. The van der Waals surface area contributed by atoms with E-state index in [0.29, 0.717) is 11.1 Å². The first-order valence-corrected chi connectivity index (χ1v) is 14.2. The fourth-order valence-corrected chi connectivity index (χ4v) is 5.17. The van der Waals surface area contributed by atoms with E-state index in [1.165, 1.54) is 10.9 Å². The molecule has 0 atom stereocenters. The standard InChI is InChI=1S/C29H33N5O5S/c1-20-9-11-21(12-10-20)25-26(32-40(37,38)23-15-13-22(14-16-23)29(2,3)4)33(5)31-27(25)39-19-18-34(28(35)36)24-8-6-7-17-30-24/h6-17,32H,18-19H2,1-5H3,(H,35,36). The Hall–Kier alpha value is -4.38. The third-order valence-corrected chi connectivity index (χ3v) is 7.68. The van der Waals surface area contributed by atoms with Crippen LogP contribution in [0.1, 0.15) is 31.9 Å². The lowest BCUT2D eigenvalue weighted by atomic mass is 9.87. The number of anilines is 2. The molecule has 2 heterocycles. The van der Waals surface area contributed by atoms with Gasteiger partial charge in [0.2, 0.25) is 5.88 Å². The first-order valence-electron chi connectivity index (χ1n) is 12.7. The van der Waals surface area contributed by atoms with Crippen LogP contribution in [0.4, 0.5) is 16.4 Å². The van der Waals surface area contributed by atoms with Gasteiger partial charge in [-0.3, -0.25) is 9.62 Å². The third-order valence-electron chi connectivity index (χ3n) is 6.33. The average Bonchev–Trinajstić information content (AvgIpc) is 3.21. The molecule has 11 heteroatoms. The summed E-state index contributed by atoms with van der Waals surface area (Å²) in [5.41, 5.74) is 3.06. The number of hydrogen-bond acceptors (Lipinski definition) is 6. The van der Waals surface area contributed by atoms with Crippen molar-refractivity contribution in [2.24, 2.45) is 7.05 Å². The Bertz CT molecular complexity index is 1580. The summed E-state index contributed by atoms with van der Waals surface area (Å²) in [5, 5.41) is 14.1. The van der Waals surface area contributed by atoms with Gasteiger partial charge < -0.3 is 9.84 Å². The zero-order valence-corrected chi connectivity index (χ0v) is 23.9. The maximum atomic E-state index is 13.4. The van der Waals surface area contributed by atoms with Gasteiger partial charge in [-0.2, -0.15) is 0 Å². The Kier molecular flexibility index (Phi) is 8.15. The fraction of sp³-hybridized carbons (Fsp3) is 0.276. The summed E-state index contributed by atoms with van der Waals surface area (Å²) >= 11 is 0. The molecule has 10 nitrogen and oxygen atoms in total.